The molecule has 0 bridgehead atoms. The van der Waals surface area contributed by atoms with E-state index in [0.29, 0.717) is 5.02 Å². The second-order valence-electron chi connectivity index (χ2n) is 4.52. The van der Waals surface area contributed by atoms with Gasteiger partial charge >= 0.3 is 0 Å². The topological polar surface area (TPSA) is 59.8 Å². The summed E-state index contributed by atoms with van der Waals surface area (Å²) in [5.74, 6) is 1.05. The van der Waals surface area contributed by atoms with Crippen LogP contribution in [0.5, 0.6) is 0 Å². The third kappa shape index (κ3) is 3.77. The lowest BCUT2D eigenvalue weighted by atomic mass is 10.2. The average molecular weight is 325 g/mol. The van der Waals surface area contributed by atoms with Crippen molar-refractivity contribution in [3.8, 4) is 0 Å². The third-order valence-corrected chi connectivity index (χ3v) is 4.47. The van der Waals surface area contributed by atoms with Gasteiger partial charge in [0.2, 0.25) is 5.91 Å². The number of amides is 1. The Morgan fingerprint density at radius 2 is 2.14 bits per heavy atom. The van der Waals surface area contributed by atoms with Crippen LogP contribution in [0.1, 0.15) is 18.3 Å². The lowest BCUT2D eigenvalue weighted by Gasteiger charge is -2.09. The highest BCUT2D eigenvalue weighted by Gasteiger charge is 2.11. The highest BCUT2D eigenvalue weighted by molar-refractivity contribution is 7.99. The van der Waals surface area contributed by atoms with Gasteiger partial charge < -0.3 is 9.88 Å². The van der Waals surface area contributed by atoms with E-state index in [-0.39, 0.29) is 11.7 Å². The molecule has 21 heavy (non-hydrogen) atoms. The Bertz CT molecular complexity index is 656. The molecule has 7 heteroatoms. The molecule has 0 unspecified atom stereocenters. The van der Waals surface area contributed by atoms with Crippen LogP contribution in [0.4, 0.5) is 5.69 Å². The van der Waals surface area contributed by atoms with E-state index in [9.17, 15) is 4.79 Å². The van der Waals surface area contributed by atoms with Crippen LogP contribution < -0.4 is 5.32 Å². The number of hydrogen-bond acceptors (Lipinski definition) is 4. The molecule has 0 fully saturated rings. The maximum atomic E-state index is 12.0. The minimum atomic E-state index is -0.0892. The molecule has 112 valence electrons. The first-order valence-corrected chi connectivity index (χ1v) is 7.96. The van der Waals surface area contributed by atoms with Crippen molar-refractivity contribution in [1.82, 2.24) is 14.8 Å². The van der Waals surface area contributed by atoms with E-state index in [4.69, 9.17) is 11.6 Å². The predicted octanol–water partition coefficient (Wildman–Crippen LogP) is 3.30. The van der Waals surface area contributed by atoms with Crippen molar-refractivity contribution in [3.63, 3.8) is 0 Å². The minimum absolute atomic E-state index is 0.0892. The van der Waals surface area contributed by atoms with E-state index in [1.165, 1.54) is 11.8 Å². The first-order valence-electron chi connectivity index (χ1n) is 6.60. The zero-order valence-electron chi connectivity index (χ0n) is 12.2. The summed E-state index contributed by atoms with van der Waals surface area (Å²) in [4.78, 5) is 12.0. The molecule has 1 heterocycles. The number of carbonyl (C=O) groups is 1. The number of halogens is 1. The minimum Gasteiger partial charge on any atom is -0.325 e. The summed E-state index contributed by atoms with van der Waals surface area (Å²) in [5, 5.41) is 12.4. The van der Waals surface area contributed by atoms with Crippen LogP contribution >= 0.6 is 23.4 Å². The van der Waals surface area contributed by atoms with Crippen molar-refractivity contribution in [2.24, 2.45) is 0 Å². The fourth-order valence-electron chi connectivity index (χ4n) is 1.89. The zero-order chi connectivity index (χ0) is 15.4. The fourth-order valence-corrected chi connectivity index (χ4v) is 2.91. The maximum Gasteiger partial charge on any atom is 0.234 e. The number of nitrogens with one attached hydrogen (secondary N) is 1. The molecule has 1 aromatic carbocycles. The molecular formula is C14H17ClN4OS. The summed E-state index contributed by atoms with van der Waals surface area (Å²) in [6.45, 7) is 6.59. The molecule has 0 aliphatic heterocycles. The van der Waals surface area contributed by atoms with Crippen molar-refractivity contribution >= 4 is 35.0 Å². The fraction of sp³-hybridized carbons (Fsp3) is 0.357. The highest BCUT2D eigenvalue weighted by atomic mass is 35.5. The summed E-state index contributed by atoms with van der Waals surface area (Å²) < 4.78 is 1.97. The van der Waals surface area contributed by atoms with Crippen molar-refractivity contribution in [2.45, 2.75) is 32.5 Å². The summed E-state index contributed by atoms with van der Waals surface area (Å²) in [6.07, 6.45) is 0. The Labute approximate surface area is 133 Å². The molecule has 1 amide bonds. The van der Waals surface area contributed by atoms with Gasteiger partial charge in [-0.1, -0.05) is 29.4 Å². The second kappa shape index (κ2) is 6.95. The Morgan fingerprint density at radius 3 is 2.86 bits per heavy atom. The van der Waals surface area contributed by atoms with Gasteiger partial charge in [0.05, 0.1) is 5.75 Å². The summed E-state index contributed by atoms with van der Waals surface area (Å²) in [5.41, 5.74) is 1.60. The Balaban J connectivity index is 1.98. The highest BCUT2D eigenvalue weighted by Crippen LogP contribution is 2.23. The van der Waals surface area contributed by atoms with E-state index in [2.05, 4.69) is 15.5 Å². The zero-order valence-corrected chi connectivity index (χ0v) is 13.8. The standard InChI is InChI=1S/C14H17ClN4OS/c1-4-19-10(3)17-18-14(19)21-8-13(20)16-12-7-5-6-11(15)9(12)2/h5-7H,4,8H2,1-3H3,(H,16,20). The monoisotopic (exact) mass is 324 g/mol. The molecular weight excluding hydrogens is 308 g/mol. The van der Waals surface area contributed by atoms with Gasteiger partial charge in [-0.05, 0) is 38.5 Å². The van der Waals surface area contributed by atoms with Crippen molar-refractivity contribution < 1.29 is 4.79 Å². The van der Waals surface area contributed by atoms with Crippen LogP contribution in [0.15, 0.2) is 23.4 Å². The van der Waals surface area contributed by atoms with Crippen LogP contribution in [0.25, 0.3) is 0 Å². The number of anilines is 1. The van der Waals surface area contributed by atoms with E-state index < -0.39 is 0 Å². The number of benzene rings is 1. The van der Waals surface area contributed by atoms with Crippen LogP contribution in [0, 0.1) is 13.8 Å². The number of hydrogen-bond donors (Lipinski definition) is 1. The Morgan fingerprint density at radius 1 is 1.38 bits per heavy atom. The maximum absolute atomic E-state index is 12.0. The Kier molecular flexibility index (Phi) is 5.25. The molecule has 0 spiro atoms. The van der Waals surface area contributed by atoms with Crippen LogP contribution in [-0.2, 0) is 11.3 Å². The van der Waals surface area contributed by atoms with Crippen molar-refractivity contribution in [2.75, 3.05) is 11.1 Å². The molecule has 0 saturated heterocycles. The quantitative estimate of drug-likeness (QED) is 0.857. The second-order valence-corrected chi connectivity index (χ2v) is 5.87. The molecule has 2 rings (SSSR count). The average Bonchev–Trinajstić information content (AvgIpc) is 2.82. The molecule has 0 saturated carbocycles. The van der Waals surface area contributed by atoms with Gasteiger partial charge in [0.1, 0.15) is 5.82 Å². The predicted molar refractivity (Wildman–Crippen MR) is 86.0 cm³/mol. The molecule has 1 N–H and O–H groups in total. The van der Waals surface area contributed by atoms with Crippen LogP contribution in [0.2, 0.25) is 5.02 Å². The first-order chi connectivity index (χ1) is 10.0. The first kappa shape index (κ1) is 15.9. The molecule has 0 aliphatic rings. The van der Waals surface area contributed by atoms with E-state index in [1.54, 1.807) is 6.07 Å². The van der Waals surface area contributed by atoms with Gasteiger partial charge in [-0.2, -0.15) is 0 Å². The van der Waals surface area contributed by atoms with Gasteiger partial charge in [-0.15, -0.1) is 10.2 Å². The van der Waals surface area contributed by atoms with E-state index in [1.807, 2.05) is 37.5 Å². The molecule has 0 radical (unpaired) electrons. The van der Waals surface area contributed by atoms with Gasteiger partial charge in [0.15, 0.2) is 5.16 Å². The molecule has 2 aromatic rings. The number of aryl methyl sites for hydroxylation is 1. The van der Waals surface area contributed by atoms with Gasteiger partial charge in [0, 0.05) is 17.3 Å². The van der Waals surface area contributed by atoms with Crippen molar-refractivity contribution in [3.05, 3.63) is 34.6 Å². The molecule has 5 nitrogen and oxygen atoms in total. The summed E-state index contributed by atoms with van der Waals surface area (Å²) >= 11 is 7.41. The van der Waals surface area contributed by atoms with E-state index in [0.717, 1.165) is 28.8 Å². The third-order valence-electron chi connectivity index (χ3n) is 3.09. The number of rotatable bonds is 5. The smallest absolute Gasteiger partial charge is 0.234 e. The molecule has 1 aromatic heterocycles. The lowest BCUT2D eigenvalue weighted by Crippen LogP contribution is -2.15. The number of carbonyl (C=O) groups excluding carboxylic acids is 1. The normalized spacial score (nSPS) is 10.7. The van der Waals surface area contributed by atoms with Gasteiger partial charge in [-0.3, -0.25) is 4.79 Å². The number of thioether (sulfide) groups is 1. The van der Waals surface area contributed by atoms with Crippen molar-refractivity contribution in [1.29, 1.82) is 0 Å². The molecule has 0 atom stereocenters. The molecule has 0 aliphatic carbocycles. The van der Waals surface area contributed by atoms with Crippen LogP contribution in [-0.4, -0.2) is 26.4 Å². The lowest BCUT2D eigenvalue weighted by molar-refractivity contribution is -0.113. The largest absolute Gasteiger partial charge is 0.325 e. The van der Waals surface area contributed by atoms with E-state index >= 15 is 0 Å². The van der Waals surface area contributed by atoms with Gasteiger partial charge in [0.25, 0.3) is 0 Å². The van der Waals surface area contributed by atoms with Gasteiger partial charge in [-0.25, -0.2) is 0 Å². The Hall–Kier alpha value is -1.53. The summed E-state index contributed by atoms with van der Waals surface area (Å²) in [6, 6.07) is 5.45. The summed E-state index contributed by atoms with van der Waals surface area (Å²) in [7, 11) is 0. The van der Waals surface area contributed by atoms with Crippen LogP contribution in [0.3, 0.4) is 0 Å². The SMILES string of the molecule is CCn1c(C)nnc1SCC(=O)Nc1cccc(Cl)c1C. The number of aromatic nitrogens is 3. The number of nitrogens with zero attached hydrogens (tertiary/aromatic N) is 3.